The number of fused-ring (bicyclic) bond motifs is 1. The van der Waals surface area contributed by atoms with Gasteiger partial charge in [-0.1, -0.05) is 24.6 Å². The van der Waals surface area contributed by atoms with E-state index in [0.717, 1.165) is 18.4 Å². The van der Waals surface area contributed by atoms with Crippen LogP contribution in [0.2, 0.25) is 0 Å². The second-order valence-electron chi connectivity index (χ2n) is 12.7. The Morgan fingerprint density at radius 1 is 1.04 bits per heavy atom. The summed E-state index contributed by atoms with van der Waals surface area (Å²) in [4.78, 5) is 28.8. The smallest absolute Gasteiger partial charge is 0.323 e. The molecule has 0 radical (unpaired) electrons. The summed E-state index contributed by atoms with van der Waals surface area (Å²) in [7, 11) is -2.29. The van der Waals surface area contributed by atoms with Crippen molar-refractivity contribution in [1.82, 2.24) is 9.21 Å². The van der Waals surface area contributed by atoms with Crippen molar-refractivity contribution in [3.8, 4) is 5.75 Å². The number of nitrogens with one attached hydrogen (secondary N) is 2. The van der Waals surface area contributed by atoms with Crippen molar-refractivity contribution < 1.29 is 37.0 Å². The van der Waals surface area contributed by atoms with Gasteiger partial charge < -0.3 is 30.1 Å². The normalized spacial score (nSPS) is 20.1. The van der Waals surface area contributed by atoms with Crippen LogP contribution in [0, 0.1) is 18.7 Å². The highest BCUT2D eigenvalue weighted by atomic mass is 32.2. The number of carbonyl (C=O) groups is 2. The van der Waals surface area contributed by atoms with Crippen molar-refractivity contribution in [3.05, 3.63) is 83.7 Å². The van der Waals surface area contributed by atoms with E-state index in [-0.39, 0.29) is 42.2 Å². The summed E-state index contributed by atoms with van der Waals surface area (Å²) >= 11 is 0. The van der Waals surface area contributed by atoms with Crippen molar-refractivity contribution in [2.45, 2.75) is 70.1 Å². The molecule has 0 fully saturated rings. The number of carbonyl (C=O) groups excluding carboxylic acids is 2. The van der Waals surface area contributed by atoms with E-state index >= 15 is 0 Å². The molecule has 4 rings (SSSR count). The predicted octanol–water partition coefficient (Wildman–Crippen LogP) is 5.89. The van der Waals surface area contributed by atoms with Gasteiger partial charge in [0, 0.05) is 44.0 Å². The lowest BCUT2D eigenvalue weighted by atomic mass is 10.0. The lowest BCUT2D eigenvalue weighted by molar-refractivity contribution is -0.00833. The summed E-state index contributed by atoms with van der Waals surface area (Å²) in [5, 5.41) is 15.6. The number of aliphatic hydroxyl groups is 1. The van der Waals surface area contributed by atoms with Crippen LogP contribution in [-0.2, 0) is 14.8 Å². The van der Waals surface area contributed by atoms with Crippen LogP contribution in [0.5, 0.6) is 5.75 Å². The standard InChI is InChI=1S/C36H47FN4O7S/c1-24-9-16-31(17-10-24)49(45,46)40(5)22-34-25(2)21-41(26(3)23-42)35(43)32-20-30(39-36(44)38-29-13-11-28(37)12-14-29)15-18-33(32)48-27(4)8-6-7-19-47-34/h9-18,20,25-27,34,42H,6-8,19,21-23H2,1-5H3,(H2,38,39,44)/t25-,26-,27+,34-/m1/s1. The summed E-state index contributed by atoms with van der Waals surface area (Å²) in [6, 6.07) is 15.6. The van der Waals surface area contributed by atoms with Gasteiger partial charge in [0.1, 0.15) is 11.6 Å². The van der Waals surface area contributed by atoms with E-state index in [1.54, 1.807) is 43.3 Å². The molecule has 0 saturated carbocycles. The fourth-order valence-electron chi connectivity index (χ4n) is 5.53. The van der Waals surface area contributed by atoms with E-state index in [9.17, 15) is 27.5 Å². The second kappa shape index (κ2) is 17.1. The highest BCUT2D eigenvalue weighted by Crippen LogP contribution is 2.29. The van der Waals surface area contributed by atoms with Crippen LogP contribution < -0.4 is 15.4 Å². The summed E-state index contributed by atoms with van der Waals surface area (Å²) in [6.07, 6.45) is 1.36. The first-order chi connectivity index (χ1) is 23.3. The second-order valence-corrected chi connectivity index (χ2v) is 14.7. The van der Waals surface area contributed by atoms with Crippen LogP contribution in [0.3, 0.4) is 0 Å². The number of likely N-dealkylation sites (N-methyl/N-ethyl adjacent to an activating group) is 1. The summed E-state index contributed by atoms with van der Waals surface area (Å²) in [5.41, 5.74) is 1.84. The minimum Gasteiger partial charge on any atom is -0.490 e. The lowest BCUT2D eigenvalue weighted by Gasteiger charge is -2.35. The highest BCUT2D eigenvalue weighted by molar-refractivity contribution is 7.89. The number of sulfonamides is 1. The SMILES string of the molecule is Cc1ccc(S(=O)(=O)N(C)C[C@H]2OCCCC[C@H](C)Oc3ccc(NC(=O)Nc4ccc(F)cc4)cc3C(=O)N([C@H](C)CO)C[C@H]2C)cc1. The third-order valence-electron chi connectivity index (χ3n) is 8.58. The molecule has 3 aromatic rings. The molecular formula is C36H47FN4O7S. The molecule has 3 N–H and O–H groups in total. The number of benzene rings is 3. The maximum absolute atomic E-state index is 14.3. The summed E-state index contributed by atoms with van der Waals surface area (Å²) < 4.78 is 54.1. The molecule has 49 heavy (non-hydrogen) atoms. The number of urea groups is 1. The van der Waals surface area contributed by atoms with Gasteiger partial charge in [-0.3, -0.25) is 4.79 Å². The van der Waals surface area contributed by atoms with E-state index < -0.39 is 39.9 Å². The third-order valence-corrected chi connectivity index (χ3v) is 10.4. The Kier molecular flexibility index (Phi) is 13.2. The topological polar surface area (TPSA) is 138 Å². The summed E-state index contributed by atoms with van der Waals surface area (Å²) in [6.45, 7) is 7.68. The van der Waals surface area contributed by atoms with E-state index in [4.69, 9.17) is 9.47 Å². The monoisotopic (exact) mass is 698 g/mol. The Bertz CT molecular complexity index is 1670. The van der Waals surface area contributed by atoms with Crippen LogP contribution >= 0.6 is 0 Å². The van der Waals surface area contributed by atoms with Crippen LogP contribution in [-0.4, -0.2) is 86.3 Å². The number of hydrogen-bond acceptors (Lipinski definition) is 7. The molecule has 0 saturated heterocycles. The lowest BCUT2D eigenvalue weighted by Crippen LogP contribution is -2.48. The quantitative estimate of drug-likeness (QED) is 0.267. The van der Waals surface area contributed by atoms with Gasteiger partial charge in [-0.25, -0.2) is 17.6 Å². The molecule has 13 heteroatoms. The third kappa shape index (κ3) is 10.2. The molecular weight excluding hydrogens is 651 g/mol. The molecule has 3 aromatic carbocycles. The van der Waals surface area contributed by atoms with Crippen LogP contribution in [0.25, 0.3) is 0 Å². The number of aliphatic hydroxyl groups excluding tert-OH is 1. The fourth-order valence-corrected chi connectivity index (χ4v) is 6.71. The molecule has 1 aliphatic heterocycles. The summed E-state index contributed by atoms with van der Waals surface area (Å²) in [5.74, 6) is -0.881. The first-order valence-corrected chi connectivity index (χ1v) is 17.9. The van der Waals surface area contributed by atoms with Gasteiger partial charge in [-0.05, 0) is 94.6 Å². The first kappa shape index (κ1) is 37.8. The van der Waals surface area contributed by atoms with Gasteiger partial charge in [0.2, 0.25) is 10.0 Å². The average Bonchev–Trinajstić information content (AvgIpc) is 3.07. The van der Waals surface area contributed by atoms with Gasteiger partial charge >= 0.3 is 6.03 Å². The predicted molar refractivity (Wildman–Crippen MR) is 187 cm³/mol. The van der Waals surface area contributed by atoms with E-state index in [1.165, 1.54) is 46.6 Å². The van der Waals surface area contributed by atoms with Crippen molar-refractivity contribution >= 4 is 33.3 Å². The van der Waals surface area contributed by atoms with Crippen LogP contribution in [0.1, 0.15) is 56.0 Å². The van der Waals surface area contributed by atoms with Gasteiger partial charge in [0.15, 0.2) is 0 Å². The minimum absolute atomic E-state index is 0.0558. The Balaban J connectivity index is 1.62. The Morgan fingerprint density at radius 3 is 2.37 bits per heavy atom. The molecule has 0 spiro atoms. The maximum atomic E-state index is 14.3. The molecule has 0 unspecified atom stereocenters. The number of ether oxygens (including phenoxy) is 2. The Hall–Kier alpha value is -4.04. The number of hydrogen-bond donors (Lipinski definition) is 3. The number of anilines is 2. The maximum Gasteiger partial charge on any atom is 0.323 e. The number of nitrogens with zero attached hydrogens (tertiary/aromatic N) is 2. The van der Waals surface area contributed by atoms with Gasteiger partial charge in [0.05, 0.1) is 35.3 Å². The number of rotatable bonds is 8. The van der Waals surface area contributed by atoms with Crippen molar-refractivity contribution in [3.63, 3.8) is 0 Å². The molecule has 266 valence electrons. The highest BCUT2D eigenvalue weighted by Gasteiger charge is 2.32. The Morgan fingerprint density at radius 2 is 1.69 bits per heavy atom. The van der Waals surface area contributed by atoms with Gasteiger partial charge in [-0.2, -0.15) is 4.31 Å². The molecule has 0 bridgehead atoms. The minimum atomic E-state index is -3.81. The number of halogens is 1. The molecule has 0 aromatic heterocycles. The number of aryl methyl sites for hydroxylation is 1. The molecule has 11 nitrogen and oxygen atoms in total. The van der Waals surface area contributed by atoms with Crippen molar-refractivity contribution in [1.29, 1.82) is 0 Å². The molecule has 0 aliphatic carbocycles. The average molecular weight is 699 g/mol. The zero-order valence-electron chi connectivity index (χ0n) is 28.7. The van der Waals surface area contributed by atoms with E-state index in [0.29, 0.717) is 30.2 Å². The Labute approximate surface area is 288 Å². The van der Waals surface area contributed by atoms with Gasteiger partial charge in [0.25, 0.3) is 5.91 Å². The largest absolute Gasteiger partial charge is 0.490 e. The molecule has 1 aliphatic rings. The first-order valence-electron chi connectivity index (χ1n) is 16.5. The van der Waals surface area contributed by atoms with Crippen LogP contribution in [0.4, 0.5) is 20.6 Å². The van der Waals surface area contributed by atoms with E-state index in [2.05, 4.69) is 10.6 Å². The van der Waals surface area contributed by atoms with Crippen molar-refractivity contribution in [2.75, 3.05) is 44.0 Å². The molecule has 4 atom stereocenters. The van der Waals surface area contributed by atoms with Crippen molar-refractivity contribution in [2.24, 2.45) is 5.92 Å². The van der Waals surface area contributed by atoms with Gasteiger partial charge in [-0.15, -0.1) is 0 Å². The zero-order valence-corrected chi connectivity index (χ0v) is 29.5. The number of amides is 3. The van der Waals surface area contributed by atoms with E-state index in [1.807, 2.05) is 20.8 Å². The van der Waals surface area contributed by atoms with Crippen LogP contribution in [0.15, 0.2) is 71.6 Å². The zero-order chi connectivity index (χ0) is 35.7. The fraction of sp³-hybridized carbons (Fsp3) is 0.444. The molecule has 3 amide bonds. The molecule has 1 heterocycles.